The van der Waals surface area contributed by atoms with E-state index in [1.54, 1.807) is 38.1 Å². The molecule has 0 aliphatic carbocycles. The Hall–Kier alpha value is -2.64. The van der Waals surface area contributed by atoms with Crippen LogP contribution in [0.3, 0.4) is 0 Å². The molecule has 1 aromatic rings. The number of carboxylic acid groups (broad SMARTS) is 1. The fourth-order valence-electron chi connectivity index (χ4n) is 2.94. The number of halogens is 1. The van der Waals surface area contributed by atoms with Crippen LogP contribution in [0.2, 0.25) is 0 Å². The largest absolute Gasteiger partial charge is 0.494 e. The number of ether oxygens (including phenoxy) is 1. The summed E-state index contributed by atoms with van der Waals surface area (Å²) in [6.07, 6.45) is -0.258. The zero-order valence-corrected chi connectivity index (χ0v) is 15.7. The quantitative estimate of drug-likeness (QED) is 0.753. The first kappa shape index (κ1) is 20.7. The van der Waals surface area contributed by atoms with Crippen LogP contribution in [0, 0.1) is 5.92 Å². The molecule has 148 valence electrons. The lowest BCUT2D eigenvalue weighted by molar-refractivity contribution is -0.150. The second-order valence-corrected chi connectivity index (χ2v) is 6.93. The molecular formula is C19H25FN2O5. The van der Waals surface area contributed by atoms with Crippen molar-refractivity contribution < 1.29 is 28.6 Å². The van der Waals surface area contributed by atoms with E-state index in [-0.39, 0.29) is 18.9 Å². The number of carboxylic acids is 1. The lowest BCUT2D eigenvalue weighted by atomic mass is 10.0. The summed E-state index contributed by atoms with van der Waals surface area (Å²) in [4.78, 5) is 37.4. The monoisotopic (exact) mass is 380 g/mol. The highest BCUT2D eigenvalue weighted by Crippen LogP contribution is 2.27. The molecule has 2 rings (SSSR count). The molecule has 0 radical (unpaired) electrons. The van der Waals surface area contributed by atoms with E-state index in [2.05, 4.69) is 5.32 Å². The van der Waals surface area contributed by atoms with Crippen molar-refractivity contribution in [3.05, 3.63) is 29.8 Å². The van der Waals surface area contributed by atoms with Crippen molar-refractivity contribution in [3.8, 4) is 5.75 Å². The minimum absolute atomic E-state index is 0.00375. The number of amides is 2. The molecule has 0 bridgehead atoms. The Morgan fingerprint density at radius 1 is 1.30 bits per heavy atom. The summed E-state index contributed by atoms with van der Waals surface area (Å²) in [6, 6.07) is 5.63. The third-order valence-corrected chi connectivity index (χ3v) is 4.56. The summed E-state index contributed by atoms with van der Waals surface area (Å²) in [7, 11) is 0. The third kappa shape index (κ3) is 4.75. The van der Waals surface area contributed by atoms with Crippen molar-refractivity contribution in [1.29, 1.82) is 0 Å². The smallest absolute Gasteiger partial charge is 0.343 e. The normalized spacial score (nSPS) is 20.4. The van der Waals surface area contributed by atoms with Crippen LogP contribution in [-0.4, -0.2) is 59.2 Å². The van der Waals surface area contributed by atoms with Crippen LogP contribution < -0.4 is 10.1 Å². The van der Waals surface area contributed by atoms with E-state index in [0.717, 1.165) is 4.90 Å². The molecule has 27 heavy (non-hydrogen) atoms. The van der Waals surface area contributed by atoms with Crippen LogP contribution >= 0.6 is 0 Å². The number of carbonyl (C=O) groups excluding carboxylic acids is 2. The van der Waals surface area contributed by atoms with Gasteiger partial charge in [-0.3, -0.25) is 9.59 Å². The van der Waals surface area contributed by atoms with Crippen molar-refractivity contribution in [1.82, 2.24) is 10.2 Å². The van der Waals surface area contributed by atoms with Gasteiger partial charge in [-0.05, 0) is 37.1 Å². The Kier molecular flexibility index (Phi) is 6.41. The standard InChI is InChI=1S/C19H25FN2O5/c1-4-27-14-7-5-13(6-8-14)16(23)21-15(12(2)3)17(24)22-10-9-19(20,11-22)18(25)26/h5-8,12,15H,4,9-11H2,1-3H3,(H,21,23)(H,25,26). The number of alkyl halides is 1. The molecule has 0 spiro atoms. The maximum Gasteiger partial charge on any atom is 0.343 e. The van der Waals surface area contributed by atoms with Gasteiger partial charge in [-0.1, -0.05) is 13.8 Å². The summed E-state index contributed by atoms with van der Waals surface area (Å²) in [5.74, 6) is -2.10. The third-order valence-electron chi connectivity index (χ3n) is 4.56. The Balaban J connectivity index is 2.07. The minimum Gasteiger partial charge on any atom is -0.494 e. The molecule has 1 aromatic carbocycles. The summed E-state index contributed by atoms with van der Waals surface area (Å²) < 4.78 is 19.6. The molecular weight excluding hydrogens is 355 g/mol. The van der Waals surface area contributed by atoms with E-state index < -0.39 is 36.0 Å². The van der Waals surface area contributed by atoms with Crippen molar-refractivity contribution in [2.75, 3.05) is 19.7 Å². The second-order valence-electron chi connectivity index (χ2n) is 6.93. The second kappa shape index (κ2) is 8.37. The predicted molar refractivity (Wildman–Crippen MR) is 96.4 cm³/mol. The van der Waals surface area contributed by atoms with Crippen LogP contribution in [0.1, 0.15) is 37.6 Å². The van der Waals surface area contributed by atoms with Crippen LogP contribution in [0.4, 0.5) is 4.39 Å². The summed E-state index contributed by atoms with van der Waals surface area (Å²) in [6.45, 7) is 5.38. The zero-order valence-electron chi connectivity index (χ0n) is 15.7. The molecule has 0 saturated carbocycles. The summed E-state index contributed by atoms with van der Waals surface area (Å²) in [5, 5.41) is 11.7. The zero-order chi connectivity index (χ0) is 20.2. The van der Waals surface area contributed by atoms with Crippen molar-refractivity contribution in [2.24, 2.45) is 5.92 Å². The van der Waals surface area contributed by atoms with Gasteiger partial charge in [0.05, 0.1) is 13.2 Å². The van der Waals surface area contributed by atoms with Gasteiger partial charge in [0.25, 0.3) is 5.91 Å². The average Bonchev–Trinajstić information content (AvgIpc) is 3.03. The van der Waals surface area contributed by atoms with Gasteiger partial charge in [0, 0.05) is 18.5 Å². The molecule has 1 saturated heterocycles. The lowest BCUT2D eigenvalue weighted by Gasteiger charge is -2.27. The number of carbonyl (C=O) groups is 3. The molecule has 0 aromatic heterocycles. The van der Waals surface area contributed by atoms with Gasteiger partial charge in [-0.2, -0.15) is 0 Å². The fourth-order valence-corrected chi connectivity index (χ4v) is 2.94. The SMILES string of the molecule is CCOc1ccc(C(=O)NC(C(=O)N2CCC(F)(C(=O)O)C2)C(C)C)cc1. The topological polar surface area (TPSA) is 95.9 Å². The minimum atomic E-state index is -2.43. The molecule has 2 N–H and O–H groups in total. The number of rotatable bonds is 7. The number of nitrogens with zero attached hydrogens (tertiary/aromatic N) is 1. The molecule has 1 heterocycles. The van der Waals surface area contributed by atoms with E-state index in [1.807, 2.05) is 6.92 Å². The molecule has 7 nitrogen and oxygen atoms in total. The molecule has 1 aliphatic heterocycles. The van der Waals surface area contributed by atoms with E-state index in [4.69, 9.17) is 9.84 Å². The number of nitrogens with one attached hydrogen (secondary N) is 1. The van der Waals surface area contributed by atoms with Gasteiger partial charge in [0.2, 0.25) is 11.6 Å². The number of likely N-dealkylation sites (tertiary alicyclic amines) is 1. The van der Waals surface area contributed by atoms with Crippen molar-refractivity contribution in [2.45, 2.75) is 38.9 Å². The fraction of sp³-hybridized carbons (Fsp3) is 0.526. The molecule has 2 amide bonds. The molecule has 1 fully saturated rings. The van der Waals surface area contributed by atoms with Gasteiger partial charge in [0.15, 0.2) is 0 Å². The maximum absolute atomic E-state index is 14.2. The lowest BCUT2D eigenvalue weighted by Crippen LogP contribution is -2.51. The Labute approximate surface area is 157 Å². The molecule has 8 heteroatoms. The van der Waals surface area contributed by atoms with Crippen LogP contribution in [-0.2, 0) is 9.59 Å². The number of benzene rings is 1. The first-order chi connectivity index (χ1) is 12.7. The highest BCUT2D eigenvalue weighted by atomic mass is 19.1. The Morgan fingerprint density at radius 2 is 1.93 bits per heavy atom. The highest BCUT2D eigenvalue weighted by molar-refractivity contribution is 5.98. The van der Waals surface area contributed by atoms with E-state index in [1.165, 1.54) is 0 Å². The van der Waals surface area contributed by atoms with Crippen molar-refractivity contribution >= 4 is 17.8 Å². The Morgan fingerprint density at radius 3 is 2.41 bits per heavy atom. The van der Waals surface area contributed by atoms with Gasteiger partial charge in [-0.25, -0.2) is 9.18 Å². The molecule has 2 unspecified atom stereocenters. The molecule has 1 aliphatic rings. The first-order valence-corrected chi connectivity index (χ1v) is 8.92. The van der Waals surface area contributed by atoms with Gasteiger partial charge < -0.3 is 20.1 Å². The van der Waals surface area contributed by atoms with E-state index >= 15 is 0 Å². The number of hydrogen-bond acceptors (Lipinski definition) is 4. The van der Waals surface area contributed by atoms with E-state index in [9.17, 15) is 18.8 Å². The summed E-state index contributed by atoms with van der Waals surface area (Å²) >= 11 is 0. The number of aliphatic carboxylic acids is 1. The summed E-state index contributed by atoms with van der Waals surface area (Å²) in [5.41, 5.74) is -2.07. The van der Waals surface area contributed by atoms with Gasteiger partial charge in [0.1, 0.15) is 11.8 Å². The van der Waals surface area contributed by atoms with Crippen molar-refractivity contribution in [3.63, 3.8) is 0 Å². The molecule has 2 atom stereocenters. The highest BCUT2D eigenvalue weighted by Gasteiger charge is 2.48. The van der Waals surface area contributed by atoms with Gasteiger partial charge in [-0.15, -0.1) is 0 Å². The average molecular weight is 380 g/mol. The van der Waals surface area contributed by atoms with Crippen LogP contribution in [0.15, 0.2) is 24.3 Å². The van der Waals surface area contributed by atoms with Crippen LogP contribution in [0.25, 0.3) is 0 Å². The first-order valence-electron chi connectivity index (χ1n) is 8.92. The predicted octanol–water partition coefficient (Wildman–Crippen LogP) is 1.86. The number of hydrogen-bond donors (Lipinski definition) is 2. The maximum atomic E-state index is 14.2. The van der Waals surface area contributed by atoms with Gasteiger partial charge >= 0.3 is 5.97 Å². The van der Waals surface area contributed by atoms with Crippen LogP contribution in [0.5, 0.6) is 5.75 Å². The van der Waals surface area contributed by atoms with E-state index in [0.29, 0.717) is 17.9 Å². The Bertz CT molecular complexity index is 707.